The Balaban J connectivity index is 1.70. The predicted molar refractivity (Wildman–Crippen MR) is 73.5 cm³/mol. The first kappa shape index (κ1) is 13.1. The number of ether oxygens (including phenoxy) is 1. The maximum atomic E-state index is 13.3. The Labute approximate surface area is 114 Å². The van der Waals surface area contributed by atoms with Crippen molar-refractivity contribution in [1.82, 2.24) is 5.32 Å². The van der Waals surface area contributed by atoms with E-state index in [4.69, 9.17) is 4.74 Å². The van der Waals surface area contributed by atoms with E-state index in [1.54, 1.807) is 12.1 Å². The molecule has 0 bridgehead atoms. The number of hydrogen-bond donors (Lipinski definition) is 1. The summed E-state index contributed by atoms with van der Waals surface area (Å²) < 4.78 is 19.4. The number of nitrogens with one attached hydrogen (secondary N) is 1. The van der Waals surface area contributed by atoms with Gasteiger partial charge in [0.05, 0.1) is 12.7 Å². The first-order valence-corrected chi connectivity index (χ1v) is 7.35. The molecule has 104 valence electrons. The third kappa shape index (κ3) is 2.98. The Hall–Kier alpha value is -0.930. The van der Waals surface area contributed by atoms with Crippen molar-refractivity contribution in [3.05, 3.63) is 35.6 Å². The highest BCUT2D eigenvalue weighted by molar-refractivity contribution is 5.19. The smallest absolute Gasteiger partial charge is 0.123 e. The highest BCUT2D eigenvalue weighted by atomic mass is 19.1. The molecule has 1 aliphatic carbocycles. The van der Waals surface area contributed by atoms with E-state index in [1.807, 2.05) is 6.07 Å². The summed E-state index contributed by atoms with van der Waals surface area (Å²) in [6.07, 6.45) is 6.49. The Morgan fingerprint density at radius 2 is 2.05 bits per heavy atom. The van der Waals surface area contributed by atoms with Crippen molar-refractivity contribution in [2.24, 2.45) is 5.41 Å². The van der Waals surface area contributed by atoms with Gasteiger partial charge in [0.25, 0.3) is 0 Å². The van der Waals surface area contributed by atoms with Crippen LogP contribution in [-0.4, -0.2) is 19.7 Å². The molecule has 1 saturated carbocycles. The van der Waals surface area contributed by atoms with Gasteiger partial charge in [0.1, 0.15) is 5.82 Å². The van der Waals surface area contributed by atoms with Crippen LogP contribution in [0.1, 0.15) is 43.8 Å². The van der Waals surface area contributed by atoms with Gasteiger partial charge < -0.3 is 10.1 Å². The molecule has 2 nitrogen and oxygen atoms in total. The van der Waals surface area contributed by atoms with Gasteiger partial charge in [0.2, 0.25) is 0 Å². The largest absolute Gasteiger partial charge is 0.372 e. The van der Waals surface area contributed by atoms with E-state index in [-0.39, 0.29) is 11.9 Å². The van der Waals surface area contributed by atoms with Crippen molar-refractivity contribution in [2.45, 2.75) is 38.2 Å². The molecule has 1 spiro atoms. The average Bonchev–Trinajstić information content (AvgIpc) is 2.63. The number of halogens is 1. The summed E-state index contributed by atoms with van der Waals surface area (Å²) in [4.78, 5) is 0. The summed E-state index contributed by atoms with van der Waals surface area (Å²) in [5, 5.41) is 3.53. The molecule has 1 unspecified atom stereocenters. The monoisotopic (exact) mass is 263 g/mol. The van der Waals surface area contributed by atoms with Gasteiger partial charge in [-0.1, -0.05) is 31.4 Å². The minimum absolute atomic E-state index is 0.0167. The van der Waals surface area contributed by atoms with Crippen LogP contribution < -0.4 is 5.32 Å². The second kappa shape index (κ2) is 5.59. The molecule has 0 amide bonds. The van der Waals surface area contributed by atoms with Gasteiger partial charge in [0.15, 0.2) is 0 Å². The van der Waals surface area contributed by atoms with Crippen LogP contribution in [-0.2, 0) is 4.74 Å². The molecular weight excluding hydrogens is 241 g/mol. The number of hydrogen-bond acceptors (Lipinski definition) is 2. The minimum Gasteiger partial charge on any atom is -0.372 e. The molecule has 1 aliphatic heterocycles. The molecule has 1 heterocycles. The van der Waals surface area contributed by atoms with E-state index >= 15 is 0 Å². The highest BCUT2D eigenvalue weighted by Crippen LogP contribution is 2.38. The molecule has 1 aromatic rings. The van der Waals surface area contributed by atoms with Crippen LogP contribution in [0.5, 0.6) is 0 Å². The first-order valence-electron chi connectivity index (χ1n) is 7.35. The SMILES string of the molecule is Fc1cccc(C2CNCC3(CCCCC3)CO2)c1. The van der Waals surface area contributed by atoms with Crippen LogP contribution in [0.3, 0.4) is 0 Å². The summed E-state index contributed by atoms with van der Waals surface area (Å²) >= 11 is 0. The maximum Gasteiger partial charge on any atom is 0.123 e. The van der Waals surface area contributed by atoms with Gasteiger partial charge in [-0.05, 0) is 30.5 Å². The van der Waals surface area contributed by atoms with E-state index in [0.29, 0.717) is 5.41 Å². The summed E-state index contributed by atoms with van der Waals surface area (Å²) in [5.41, 5.74) is 1.26. The average molecular weight is 263 g/mol. The van der Waals surface area contributed by atoms with Gasteiger partial charge >= 0.3 is 0 Å². The van der Waals surface area contributed by atoms with E-state index < -0.39 is 0 Å². The number of rotatable bonds is 1. The highest BCUT2D eigenvalue weighted by Gasteiger charge is 2.35. The fraction of sp³-hybridized carbons (Fsp3) is 0.625. The molecule has 1 atom stereocenters. The van der Waals surface area contributed by atoms with E-state index in [9.17, 15) is 4.39 Å². The van der Waals surface area contributed by atoms with Crippen molar-refractivity contribution in [1.29, 1.82) is 0 Å². The summed E-state index contributed by atoms with van der Waals surface area (Å²) in [5.74, 6) is -0.183. The molecule has 3 rings (SSSR count). The molecule has 3 heteroatoms. The Morgan fingerprint density at radius 3 is 2.84 bits per heavy atom. The topological polar surface area (TPSA) is 21.3 Å². The van der Waals surface area contributed by atoms with E-state index in [1.165, 1.54) is 38.2 Å². The van der Waals surface area contributed by atoms with Crippen LogP contribution in [0.4, 0.5) is 4.39 Å². The molecule has 2 fully saturated rings. The normalized spacial score (nSPS) is 27.1. The fourth-order valence-corrected chi connectivity index (χ4v) is 3.40. The Morgan fingerprint density at radius 1 is 1.21 bits per heavy atom. The predicted octanol–water partition coefficient (Wildman–Crippen LogP) is 3.44. The van der Waals surface area contributed by atoms with Crippen molar-refractivity contribution >= 4 is 0 Å². The Bertz CT molecular complexity index is 429. The van der Waals surface area contributed by atoms with Gasteiger partial charge in [0, 0.05) is 18.5 Å². The third-order valence-corrected chi connectivity index (χ3v) is 4.56. The van der Waals surface area contributed by atoms with Gasteiger partial charge in [-0.3, -0.25) is 0 Å². The van der Waals surface area contributed by atoms with Gasteiger partial charge in [-0.15, -0.1) is 0 Å². The molecule has 2 aliphatic rings. The fourth-order valence-electron chi connectivity index (χ4n) is 3.40. The summed E-state index contributed by atoms with van der Waals surface area (Å²) in [6.45, 7) is 2.63. The zero-order valence-corrected chi connectivity index (χ0v) is 11.3. The molecule has 0 radical (unpaired) electrons. The third-order valence-electron chi connectivity index (χ3n) is 4.56. The van der Waals surface area contributed by atoms with Crippen molar-refractivity contribution in [2.75, 3.05) is 19.7 Å². The first-order chi connectivity index (χ1) is 9.27. The zero-order valence-electron chi connectivity index (χ0n) is 11.3. The lowest BCUT2D eigenvalue weighted by molar-refractivity contribution is -0.00150. The van der Waals surface area contributed by atoms with E-state index in [0.717, 1.165) is 25.3 Å². The lowest BCUT2D eigenvalue weighted by atomic mass is 9.74. The molecule has 19 heavy (non-hydrogen) atoms. The van der Waals surface area contributed by atoms with Crippen LogP contribution >= 0.6 is 0 Å². The van der Waals surface area contributed by atoms with Crippen molar-refractivity contribution < 1.29 is 9.13 Å². The summed E-state index contributed by atoms with van der Waals surface area (Å²) in [6, 6.07) is 6.78. The maximum absolute atomic E-state index is 13.3. The molecule has 1 saturated heterocycles. The van der Waals surface area contributed by atoms with Gasteiger partial charge in [-0.25, -0.2) is 4.39 Å². The molecule has 1 aromatic carbocycles. The van der Waals surface area contributed by atoms with Crippen molar-refractivity contribution in [3.8, 4) is 0 Å². The van der Waals surface area contributed by atoms with Crippen molar-refractivity contribution in [3.63, 3.8) is 0 Å². The minimum atomic E-state index is -0.183. The van der Waals surface area contributed by atoms with Crippen LogP contribution in [0.15, 0.2) is 24.3 Å². The lowest BCUT2D eigenvalue weighted by Crippen LogP contribution is -2.37. The quantitative estimate of drug-likeness (QED) is 0.838. The lowest BCUT2D eigenvalue weighted by Gasteiger charge is -2.35. The Kier molecular flexibility index (Phi) is 3.85. The molecular formula is C16H22FNO. The zero-order chi connectivity index (χ0) is 13.1. The standard InChI is InChI=1S/C16H22FNO/c17-14-6-4-5-13(9-14)15-10-18-11-16(12-19-15)7-2-1-3-8-16/h4-6,9,15,18H,1-3,7-8,10-12H2. The van der Waals surface area contributed by atoms with Crippen LogP contribution in [0, 0.1) is 11.2 Å². The second-order valence-corrected chi connectivity index (χ2v) is 6.05. The van der Waals surface area contributed by atoms with E-state index in [2.05, 4.69) is 5.32 Å². The summed E-state index contributed by atoms with van der Waals surface area (Å²) in [7, 11) is 0. The number of benzene rings is 1. The molecule has 1 N–H and O–H groups in total. The van der Waals surface area contributed by atoms with Crippen LogP contribution in [0.2, 0.25) is 0 Å². The van der Waals surface area contributed by atoms with Crippen LogP contribution in [0.25, 0.3) is 0 Å². The second-order valence-electron chi connectivity index (χ2n) is 6.05. The van der Waals surface area contributed by atoms with Gasteiger partial charge in [-0.2, -0.15) is 0 Å². The molecule has 0 aromatic heterocycles.